The maximum atomic E-state index is 14.1. The first-order chi connectivity index (χ1) is 16.6. The van der Waals surface area contributed by atoms with Crippen molar-refractivity contribution < 1.29 is 36.9 Å². The van der Waals surface area contributed by atoms with Gasteiger partial charge in [0, 0.05) is 17.9 Å². The number of benzene rings is 2. The first kappa shape index (κ1) is 24.7. The molecule has 3 N–H and O–H groups in total. The zero-order chi connectivity index (χ0) is 25.3. The number of aliphatic hydroxyl groups is 2. The molecule has 0 aliphatic carbocycles. The third-order valence-electron chi connectivity index (χ3n) is 4.71. The van der Waals surface area contributed by atoms with Gasteiger partial charge in [-0.25, -0.2) is 17.2 Å². The van der Waals surface area contributed by atoms with Crippen molar-refractivity contribution >= 4 is 32.5 Å². The van der Waals surface area contributed by atoms with E-state index in [0.29, 0.717) is 6.07 Å². The molecule has 1 atom stereocenters. The summed E-state index contributed by atoms with van der Waals surface area (Å²) in [4.78, 5) is 8.19. The van der Waals surface area contributed by atoms with Crippen molar-refractivity contribution in [3.63, 3.8) is 0 Å². The van der Waals surface area contributed by atoms with Crippen LogP contribution in [-0.2, 0) is 9.84 Å². The summed E-state index contributed by atoms with van der Waals surface area (Å²) in [6.07, 6.45) is -0.219. The molecule has 2 aromatic heterocycles. The van der Waals surface area contributed by atoms with Crippen molar-refractivity contribution in [2.24, 2.45) is 0 Å². The van der Waals surface area contributed by atoms with Crippen LogP contribution in [0.2, 0.25) is 5.02 Å². The van der Waals surface area contributed by atoms with Gasteiger partial charge in [0.2, 0.25) is 5.88 Å². The molecule has 2 aromatic carbocycles. The molecule has 0 unspecified atom stereocenters. The zero-order valence-electron chi connectivity index (χ0n) is 17.9. The monoisotopic (exact) mass is 526 g/mol. The van der Waals surface area contributed by atoms with Crippen molar-refractivity contribution in [1.82, 2.24) is 20.2 Å². The van der Waals surface area contributed by atoms with Crippen LogP contribution in [0.15, 0.2) is 41.3 Å². The highest BCUT2D eigenvalue weighted by atomic mass is 35.5. The predicted molar refractivity (Wildman–Crippen MR) is 120 cm³/mol. The lowest BCUT2D eigenvalue weighted by molar-refractivity contribution is 0.0525. The number of nitrogens with one attached hydrogen (secondary N) is 1. The van der Waals surface area contributed by atoms with E-state index in [-0.39, 0.29) is 43.8 Å². The lowest BCUT2D eigenvalue weighted by Gasteiger charge is -2.12. The summed E-state index contributed by atoms with van der Waals surface area (Å²) in [6.45, 7) is -0.993. The predicted octanol–water partition coefficient (Wildman–Crippen LogP) is 2.88. The van der Waals surface area contributed by atoms with Crippen molar-refractivity contribution in [3.05, 3.63) is 53.1 Å². The molecule has 0 fully saturated rings. The Labute approximate surface area is 202 Å². The highest BCUT2D eigenvalue weighted by Gasteiger charge is 2.23. The fraction of sp³-hybridized carbons (Fsp3) is 0.190. The van der Waals surface area contributed by atoms with Crippen molar-refractivity contribution in [2.75, 3.05) is 19.5 Å². The van der Waals surface area contributed by atoms with Gasteiger partial charge in [-0.15, -0.1) is 0 Å². The minimum atomic E-state index is -3.57. The Morgan fingerprint density at radius 1 is 1.17 bits per heavy atom. The lowest BCUT2D eigenvalue weighted by Crippen LogP contribution is -2.21. The van der Waals surface area contributed by atoms with Gasteiger partial charge in [0.25, 0.3) is 0 Å². The van der Waals surface area contributed by atoms with E-state index >= 15 is 0 Å². The van der Waals surface area contributed by atoms with E-state index < -0.39 is 46.8 Å². The topological polar surface area (TPSA) is 148 Å². The summed E-state index contributed by atoms with van der Waals surface area (Å²) in [5.74, 6) is -2.37. The Hall–Kier alpha value is -3.39. The van der Waals surface area contributed by atoms with Crippen LogP contribution >= 0.6 is 11.6 Å². The molecule has 4 aromatic rings. The van der Waals surface area contributed by atoms with E-state index in [1.54, 1.807) is 0 Å². The Morgan fingerprint density at radius 2 is 1.94 bits per heavy atom. The van der Waals surface area contributed by atoms with E-state index in [9.17, 15) is 22.3 Å². The normalized spacial score (nSPS) is 12.6. The Kier molecular flexibility index (Phi) is 6.85. The van der Waals surface area contributed by atoms with Crippen LogP contribution in [0.1, 0.15) is 0 Å². The third kappa shape index (κ3) is 5.32. The Bertz CT molecular complexity index is 1520. The highest BCUT2D eigenvalue weighted by molar-refractivity contribution is 7.90. The molecule has 184 valence electrons. The number of hydrogen-bond acceptors (Lipinski definition) is 9. The number of sulfone groups is 1. The number of ether oxygens (including phenoxy) is 2. The average molecular weight is 527 g/mol. The molecule has 0 aliphatic rings. The molecule has 0 radical (unpaired) electrons. The molecule has 2 heterocycles. The lowest BCUT2D eigenvalue weighted by atomic mass is 10.1. The van der Waals surface area contributed by atoms with E-state index in [2.05, 4.69) is 20.2 Å². The number of aromatic amines is 1. The quantitative estimate of drug-likeness (QED) is 0.315. The van der Waals surface area contributed by atoms with Gasteiger partial charge in [-0.05, 0) is 30.3 Å². The number of hydrogen-bond donors (Lipinski definition) is 3. The molecular weight excluding hydrogens is 510 g/mol. The second-order valence-electron chi connectivity index (χ2n) is 7.35. The molecule has 0 saturated heterocycles. The van der Waals surface area contributed by atoms with Gasteiger partial charge in [-0.3, -0.25) is 5.10 Å². The average Bonchev–Trinajstić information content (AvgIpc) is 3.22. The fourth-order valence-corrected chi connectivity index (χ4v) is 3.89. The number of rotatable bonds is 8. The van der Waals surface area contributed by atoms with Crippen LogP contribution < -0.4 is 9.47 Å². The van der Waals surface area contributed by atoms with Crippen LogP contribution in [-0.4, -0.2) is 64.4 Å². The summed E-state index contributed by atoms with van der Waals surface area (Å²) in [5, 5.41) is 25.9. The Morgan fingerprint density at radius 3 is 2.63 bits per heavy atom. The van der Waals surface area contributed by atoms with Crippen LogP contribution in [0.4, 0.5) is 8.78 Å². The highest BCUT2D eigenvalue weighted by Crippen LogP contribution is 2.38. The molecule has 0 aliphatic heterocycles. The first-order valence-electron chi connectivity index (χ1n) is 9.87. The van der Waals surface area contributed by atoms with E-state index in [4.69, 9.17) is 26.2 Å². The van der Waals surface area contributed by atoms with Crippen molar-refractivity contribution in [1.29, 1.82) is 0 Å². The maximum absolute atomic E-state index is 14.1. The first-order valence-corrected chi connectivity index (χ1v) is 12.1. The van der Waals surface area contributed by atoms with Crippen LogP contribution in [0.25, 0.3) is 22.3 Å². The molecular formula is C21H17ClF2N4O6S. The standard InChI is InChI=1S/C21H17ClF2N4O6S/c1-35(31,32)12-3-4-14(22)13(7-12)18-17-19(28-27-18)25-21(26-20(17)33-9-11(30)8-29)34-16-5-2-10(23)6-15(16)24/h2-7,11,29-30H,8-9H2,1H3,(H,25,26,27,28)/t11-/m0/s1. The van der Waals surface area contributed by atoms with Crippen LogP contribution in [0.5, 0.6) is 17.6 Å². The van der Waals surface area contributed by atoms with Gasteiger partial charge in [-0.2, -0.15) is 15.1 Å². The number of fused-ring (bicyclic) bond motifs is 1. The van der Waals surface area contributed by atoms with Crippen LogP contribution in [0, 0.1) is 11.6 Å². The van der Waals surface area contributed by atoms with Gasteiger partial charge in [0.15, 0.2) is 27.1 Å². The van der Waals surface area contributed by atoms with Gasteiger partial charge in [0.1, 0.15) is 23.9 Å². The minimum Gasteiger partial charge on any atom is -0.474 e. The summed E-state index contributed by atoms with van der Waals surface area (Å²) < 4.78 is 62.2. The summed E-state index contributed by atoms with van der Waals surface area (Å²) in [7, 11) is -3.57. The Balaban J connectivity index is 1.85. The molecule has 35 heavy (non-hydrogen) atoms. The number of aliphatic hydroxyl groups excluding tert-OH is 2. The van der Waals surface area contributed by atoms with Gasteiger partial charge in [-0.1, -0.05) is 11.6 Å². The molecule has 0 bridgehead atoms. The molecule has 0 amide bonds. The number of H-pyrrole nitrogens is 1. The minimum absolute atomic E-state index is 0.00882. The maximum Gasteiger partial charge on any atom is 0.327 e. The molecule has 14 heteroatoms. The third-order valence-corrected chi connectivity index (χ3v) is 6.15. The largest absolute Gasteiger partial charge is 0.474 e. The van der Waals surface area contributed by atoms with Crippen molar-refractivity contribution in [3.8, 4) is 28.9 Å². The van der Waals surface area contributed by atoms with Gasteiger partial charge >= 0.3 is 6.01 Å². The molecule has 0 saturated carbocycles. The second kappa shape index (κ2) is 9.70. The number of aromatic nitrogens is 4. The number of halogens is 3. The van der Waals surface area contributed by atoms with E-state index in [0.717, 1.165) is 18.4 Å². The SMILES string of the molecule is CS(=O)(=O)c1ccc(Cl)c(-c2[nH]nc3nc(Oc4ccc(F)cc4F)nc(OC[C@@H](O)CO)c23)c1. The zero-order valence-corrected chi connectivity index (χ0v) is 19.4. The second-order valence-corrected chi connectivity index (χ2v) is 9.77. The summed E-state index contributed by atoms with van der Waals surface area (Å²) in [5.41, 5.74) is 0.414. The fourth-order valence-electron chi connectivity index (χ4n) is 3.03. The van der Waals surface area contributed by atoms with E-state index in [1.807, 2.05) is 0 Å². The smallest absolute Gasteiger partial charge is 0.327 e. The van der Waals surface area contributed by atoms with Gasteiger partial charge < -0.3 is 19.7 Å². The summed E-state index contributed by atoms with van der Waals surface area (Å²) >= 11 is 6.31. The summed E-state index contributed by atoms with van der Waals surface area (Å²) in [6, 6.07) is 6.29. The van der Waals surface area contributed by atoms with E-state index in [1.165, 1.54) is 18.2 Å². The molecule has 0 spiro atoms. The van der Waals surface area contributed by atoms with Gasteiger partial charge in [0.05, 0.1) is 22.2 Å². The van der Waals surface area contributed by atoms with Crippen molar-refractivity contribution in [2.45, 2.75) is 11.0 Å². The molecule has 4 rings (SSSR count). The van der Waals surface area contributed by atoms with Crippen LogP contribution in [0.3, 0.4) is 0 Å². The molecule has 10 nitrogen and oxygen atoms in total. The number of nitrogens with zero attached hydrogens (tertiary/aromatic N) is 3.